The highest BCUT2D eigenvalue weighted by Gasteiger charge is 2.28. The zero-order valence-corrected chi connectivity index (χ0v) is 10.5. The lowest BCUT2D eigenvalue weighted by atomic mass is 10.2. The zero-order valence-electron chi connectivity index (χ0n) is 10.5. The molecule has 0 aliphatic carbocycles. The molecule has 1 rings (SSSR count). The van der Waals surface area contributed by atoms with E-state index in [9.17, 15) is 13.2 Å². The van der Waals surface area contributed by atoms with Gasteiger partial charge in [-0.3, -0.25) is 4.68 Å². The van der Waals surface area contributed by atoms with Gasteiger partial charge in [-0.25, -0.2) is 0 Å². The number of alkyl halides is 3. The summed E-state index contributed by atoms with van der Waals surface area (Å²) in [5.41, 5.74) is 0.835. The number of nitrogens with zero attached hydrogens (tertiary/aromatic N) is 2. The molecule has 1 unspecified atom stereocenters. The van der Waals surface area contributed by atoms with Crippen LogP contribution in [0.5, 0.6) is 0 Å². The third kappa shape index (κ3) is 4.66. The van der Waals surface area contributed by atoms with E-state index in [2.05, 4.69) is 10.4 Å². The fraction of sp³-hybridized carbons (Fsp3) is 0.727. The quantitative estimate of drug-likeness (QED) is 0.821. The van der Waals surface area contributed by atoms with Crippen molar-refractivity contribution >= 4 is 0 Å². The van der Waals surface area contributed by atoms with Gasteiger partial charge in [0.05, 0.1) is 18.3 Å². The molecule has 1 aromatic heterocycles. The summed E-state index contributed by atoms with van der Waals surface area (Å²) in [7, 11) is 0. The van der Waals surface area contributed by atoms with E-state index in [0.29, 0.717) is 13.1 Å². The minimum Gasteiger partial charge on any atom is -0.370 e. The van der Waals surface area contributed by atoms with Gasteiger partial charge >= 0.3 is 6.18 Å². The van der Waals surface area contributed by atoms with Crippen molar-refractivity contribution in [2.24, 2.45) is 0 Å². The van der Waals surface area contributed by atoms with Crippen LogP contribution in [0.2, 0.25) is 0 Å². The molecule has 1 heterocycles. The Labute approximate surface area is 104 Å². The Kier molecular flexibility index (Phi) is 5.61. The smallest absolute Gasteiger partial charge is 0.370 e. The van der Waals surface area contributed by atoms with E-state index < -0.39 is 12.8 Å². The van der Waals surface area contributed by atoms with Gasteiger partial charge in [-0.15, -0.1) is 0 Å². The molecule has 0 amide bonds. The van der Waals surface area contributed by atoms with Gasteiger partial charge in [-0.05, 0) is 19.5 Å². The fourth-order valence-electron chi connectivity index (χ4n) is 1.69. The van der Waals surface area contributed by atoms with Crippen molar-refractivity contribution in [2.75, 3.05) is 19.8 Å². The summed E-state index contributed by atoms with van der Waals surface area (Å²) in [5, 5.41) is 7.19. The minimum absolute atomic E-state index is 0.0287. The normalized spacial score (nSPS) is 13.8. The van der Waals surface area contributed by atoms with Crippen LogP contribution in [0.3, 0.4) is 0 Å². The Morgan fingerprint density at radius 2 is 2.17 bits per heavy atom. The molecule has 0 radical (unpaired) electrons. The number of aryl methyl sites for hydroxylation is 1. The second-order valence-corrected chi connectivity index (χ2v) is 3.81. The second-order valence-electron chi connectivity index (χ2n) is 3.81. The number of likely N-dealkylation sites (N-methyl/N-ethyl adjacent to an activating group) is 1. The monoisotopic (exact) mass is 265 g/mol. The van der Waals surface area contributed by atoms with Gasteiger partial charge in [0.15, 0.2) is 0 Å². The van der Waals surface area contributed by atoms with Crippen LogP contribution < -0.4 is 5.32 Å². The summed E-state index contributed by atoms with van der Waals surface area (Å²) in [6, 6.07) is 1.51. The van der Waals surface area contributed by atoms with Crippen LogP contribution in [0.4, 0.5) is 13.2 Å². The Hall–Kier alpha value is -1.08. The van der Waals surface area contributed by atoms with Crippen molar-refractivity contribution in [1.82, 2.24) is 15.1 Å². The topological polar surface area (TPSA) is 39.1 Å². The van der Waals surface area contributed by atoms with Crippen LogP contribution in [0.15, 0.2) is 12.3 Å². The van der Waals surface area contributed by atoms with Crippen LogP contribution in [0.25, 0.3) is 0 Å². The minimum atomic E-state index is -4.29. The van der Waals surface area contributed by atoms with E-state index in [1.807, 2.05) is 13.8 Å². The van der Waals surface area contributed by atoms with Gasteiger partial charge in [-0.1, -0.05) is 6.92 Å². The third-order valence-electron chi connectivity index (χ3n) is 2.41. The number of aromatic nitrogens is 2. The summed E-state index contributed by atoms with van der Waals surface area (Å²) in [4.78, 5) is 0. The highest BCUT2D eigenvalue weighted by Crippen LogP contribution is 2.17. The van der Waals surface area contributed by atoms with Gasteiger partial charge in [0.1, 0.15) is 6.61 Å². The van der Waals surface area contributed by atoms with Crippen LogP contribution in [-0.2, 0) is 11.3 Å². The maximum Gasteiger partial charge on any atom is 0.411 e. The molecule has 18 heavy (non-hydrogen) atoms. The fourth-order valence-corrected chi connectivity index (χ4v) is 1.69. The van der Waals surface area contributed by atoms with Crippen LogP contribution in [-0.4, -0.2) is 35.7 Å². The standard InChI is InChI=1S/C11H18F3N3O/c1-3-15-9(7-18-8-11(12,13)14)10-5-6-16-17(10)4-2/h5-6,9,15H,3-4,7-8H2,1-2H3. The first-order valence-electron chi connectivity index (χ1n) is 5.87. The van der Waals surface area contributed by atoms with E-state index >= 15 is 0 Å². The van der Waals surface area contributed by atoms with Crippen molar-refractivity contribution in [3.05, 3.63) is 18.0 Å². The molecular weight excluding hydrogens is 247 g/mol. The first-order chi connectivity index (χ1) is 8.48. The van der Waals surface area contributed by atoms with Gasteiger partial charge < -0.3 is 10.1 Å². The predicted molar refractivity (Wildman–Crippen MR) is 61.2 cm³/mol. The molecule has 1 atom stereocenters. The maximum absolute atomic E-state index is 12.0. The van der Waals surface area contributed by atoms with E-state index in [4.69, 9.17) is 4.74 Å². The van der Waals surface area contributed by atoms with Crippen molar-refractivity contribution in [1.29, 1.82) is 0 Å². The molecule has 1 aromatic rings. The SMILES string of the molecule is CCNC(COCC(F)(F)F)c1ccnn1CC. The van der Waals surface area contributed by atoms with E-state index in [1.165, 1.54) is 0 Å². The molecule has 0 spiro atoms. The third-order valence-corrected chi connectivity index (χ3v) is 2.41. The Morgan fingerprint density at radius 1 is 1.44 bits per heavy atom. The predicted octanol–water partition coefficient (Wildman–Crippen LogP) is 2.13. The van der Waals surface area contributed by atoms with Gasteiger partial charge in [0.25, 0.3) is 0 Å². The molecule has 0 saturated heterocycles. The number of hydrogen-bond donors (Lipinski definition) is 1. The molecule has 7 heteroatoms. The molecule has 0 saturated carbocycles. The Morgan fingerprint density at radius 3 is 2.72 bits per heavy atom. The van der Waals surface area contributed by atoms with E-state index in [-0.39, 0.29) is 12.6 Å². The highest BCUT2D eigenvalue weighted by atomic mass is 19.4. The molecule has 0 aliphatic heterocycles. The van der Waals surface area contributed by atoms with E-state index in [1.54, 1.807) is 16.9 Å². The van der Waals surface area contributed by atoms with Crippen molar-refractivity contribution in [3.63, 3.8) is 0 Å². The lowest BCUT2D eigenvalue weighted by Crippen LogP contribution is -2.29. The number of nitrogens with one attached hydrogen (secondary N) is 1. The van der Waals surface area contributed by atoms with Gasteiger partial charge in [0.2, 0.25) is 0 Å². The molecule has 0 bridgehead atoms. The van der Waals surface area contributed by atoms with Crippen molar-refractivity contribution < 1.29 is 17.9 Å². The summed E-state index contributed by atoms with van der Waals surface area (Å²) in [6.45, 7) is 3.88. The van der Waals surface area contributed by atoms with Crippen molar-refractivity contribution in [3.8, 4) is 0 Å². The van der Waals surface area contributed by atoms with Crippen LogP contribution in [0, 0.1) is 0 Å². The number of rotatable bonds is 7. The lowest BCUT2D eigenvalue weighted by molar-refractivity contribution is -0.175. The first kappa shape index (κ1) is 15.0. The molecule has 0 aromatic carbocycles. The largest absolute Gasteiger partial charge is 0.411 e. The van der Waals surface area contributed by atoms with Crippen LogP contribution in [0.1, 0.15) is 25.6 Å². The van der Waals surface area contributed by atoms with Crippen LogP contribution >= 0.6 is 0 Å². The summed E-state index contributed by atoms with van der Waals surface area (Å²) < 4.78 is 42.5. The lowest BCUT2D eigenvalue weighted by Gasteiger charge is -2.19. The zero-order chi connectivity index (χ0) is 13.6. The van der Waals surface area contributed by atoms with Gasteiger partial charge in [-0.2, -0.15) is 18.3 Å². The summed E-state index contributed by atoms with van der Waals surface area (Å²) in [5.74, 6) is 0. The average molecular weight is 265 g/mol. The van der Waals surface area contributed by atoms with Gasteiger partial charge in [0, 0.05) is 12.7 Å². The maximum atomic E-state index is 12.0. The van der Waals surface area contributed by atoms with E-state index in [0.717, 1.165) is 5.69 Å². The molecule has 104 valence electrons. The summed E-state index contributed by atoms with van der Waals surface area (Å²) >= 11 is 0. The number of hydrogen-bond acceptors (Lipinski definition) is 3. The molecule has 0 fully saturated rings. The molecule has 4 nitrogen and oxygen atoms in total. The molecular formula is C11H18F3N3O. The Bertz CT molecular complexity index is 352. The highest BCUT2D eigenvalue weighted by molar-refractivity contribution is 5.07. The first-order valence-corrected chi connectivity index (χ1v) is 5.87. The molecule has 1 N–H and O–H groups in total. The van der Waals surface area contributed by atoms with Crippen molar-refractivity contribution in [2.45, 2.75) is 32.6 Å². The molecule has 0 aliphatic rings. The average Bonchev–Trinajstić information content (AvgIpc) is 2.74. The number of halogens is 3. The Balaban J connectivity index is 2.60. The number of ether oxygens (including phenoxy) is 1. The second kappa shape index (κ2) is 6.75. The summed E-state index contributed by atoms with van der Waals surface area (Å²) in [6.07, 6.45) is -2.66.